The van der Waals surface area contributed by atoms with Crippen LogP contribution in [0.2, 0.25) is 0 Å². The minimum atomic E-state index is -0.127. The highest BCUT2D eigenvalue weighted by molar-refractivity contribution is 5.99. The molecule has 0 atom stereocenters. The maximum absolute atomic E-state index is 12.1. The molecule has 0 aliphatic rings. The number of ketones is 1. The van der Waals surface area contributed by atoms with Crippen molar-refractivity contribution < 1.29 is 19.0 Å². The summed E-state index contributed by atoms with van der Waals surface area (Å²) in [4.78, 5) is 12.1. The third-order valence-corrected chi connectivity index (χ3v) is 2.84. The molecule has 0 bridgehead atoms. The van der Waals surface area contributed by atoms with Gasteiger partial charge in [0.25, 0.3) is 0 Å². The molecule has 0 aliphatic carbocycles. The third kappa shape index (κ3) is 3.29. The Morgan fingerprint density at radius 2 is 1.55 bits per heavy atom. The van der Waals surface area contributed by atoms with Crippen molar-refractivity contribution in [1.29, 1.82) is 0 Å². The lowest BCUT2D eigenvalue weighted by molar-refractivity contribution is 0.0918. The van der Waals surface area contributed by atoms with Crippen LogP contribution in [0.5, 0.6) is 17.2 Å². The van der Waals surface area contributed by atoms with Crippen LogP contribution in [0.3, 0.4) is 0 Å². The molecule has 0 spiro atoms. The van der Waals surface area contributed by atoms with Gasteiger partial charge in [0.1, 0.15) is 17.2 Å². The summed E-state index contributed by atoms with van der Waals surface area (Å²) >= 11 is 0. The highest BCUT2D eigenvalue weighted by Gasteiger charge is 2.12. The average molecular weight is 272 g/mol. The van der Waals surface area contributed by atoms with Crippen LogP contribution in [0.1, 0.15) is 10.4 Å². The number of carbonyl (C=O) groups is 1. The lowest BCUT2D eigenvalue weighted by Crippen LogP contribution is -2.12. The number of rotatable bonds is 6. The van der Waals surface area contributed by atoms with Gasteiger partial charge in [0.05, 0.1) is 19.8 Å². The standard InChI is InChI=1S/C16H16O4/c1-18-12-7-9-13(10-8-12)20-11-15(17)14-5-3-4-6-16(14)19-2/h3-10H,11H2,1-2H3. The Kier molecular flexibility index (Phi) is 4.60. The number of hydrogen-bond donors (Lipinski definition) is 0. The molecule has 20 heavy (non-hydrogen) atoms. The van der Waals surface area contributed by atoms with Crippen LogP contribution < -0.4 is 14.2 Å². The van der Waals surface area contributed by atoms with Crippen molar-refractivity contribution in [1.82, 2.24) is 0 Å². The minimum absolute atomic E-state index is 0.0350. The Balaban J connectivity index is 2.01. The minimum Gasteiger partial charge on any atom is -0.497 e. The van der Waals surface area contributed by atoms with E-state index < -0.39 is 0 Å². The largest absolute Gasteiger partial charge is 0.497 e. The topological polar surface area (TPSA) is 44.8 Å². The number of hydrogen-bond acceptors (Lipinski definition) is 4. The van der Waals surface area contributed by atoms with Crippen LogP contribution in [0.15, 0.2) is 48.5 Å². The van der Waals surface area contributed by atoms with E-state index in [4.69, 9.17) is 14.2 Å². The van der Waals surface area contributed by atoms with Crippen LogP contribution in [0.4, 0.5) is 0 Å². The zero-order valence-corrected chi connectivity index (χ0v) is 11.5. The predicted molar refractivity (Wildman–Crippen MR) is 75.8 cm³/mol. The van der Waals surface area contributed by atoms with E-state index in [2.05, 4.69) is 0 Å². The Labute approximate surface area is 117 Å². The normalized spacial score (nSPS) is 9.90. The predicted octanol–water partition coefficient (Wildman–Crippen LogP) is 2.97. The van der Waals surface area contributed by atoms with Crippen molar-refractivity contribution in [3.63, 3.8) is 0 Å². The molecule has 2 aromatic rings. The van der Waals surface area contributed by atoms with Crippen LogP contribution in [0, 0.1) is 0 Å². The lowest BCUT2D eigenvalue weighted by Gasteiger charge is -2.09. The molecule has 104 valence electrons. The number of methoxy groups -OCH3 is 2. The van der Waals surface area contributed by atoms with Gasteiger partial charge in [0.2, 0.25) is 5.78 Å². The molecule has 2 rings (SSSR count). The van der Waals surface area contributed by atoms with Gasteiger partial charge in [-0.05, 0) is 36.4 Å². The van der Waals surface area contributed by atoms with Crippen LogP contribution in [0.25, 0.3) is 0 Å². The first-order chi connectivity index (χ1) is 9.74. The zero-order valence-electron chi connectivity index (χ0n) is 11.5. The molecular weight excluding hydrogens is 256 g/mol. The first-order valence-corrected chi connectivity index (χ1v) is 6.17. The average Bonchev–Trinajstić information content (AvgIpc) is 2.53. The Morgan fingerprint density at radius 3 is 2.20 bits per heavy atom. The molecule has 0 amide bonds. The second-order valence-corrected chi connectivity index (χ2v) is 4.09. The Bertz CT molecular complexity index is 575. The summed E-state index contributed by atoms with van der Waals surface area (Å²) in [6.45, 7) is -0.0350. The SMILES string of the molecule is COc1ccc(OCC(=O)c2ccccc2OC)cc1. The summed E-state index contributed by atoms with van der Waals surface area (Å²) < 4.78 is 15.7. The van der Waals surface area contributed by atoms with Crippen molar-refractivity contribution in [3.8, 4) is 17.2 Å². The van der Waals surface area contributed by atoms with Crippen LogP contribution in [-0.4, -0.2) is 26.6 Å². The summed E-state index contributed by atoms with van der Waals surface area (Å²) in [6.07, 6.45) is 0. The molecule has 2 aromatic carbocycles. The molecular formula is C16H16O4. The number of ether oxygens (including phenoxy) is 3. The maximum Gasteiger partial charge on any atom is 0.203 e. The first kappa shape index (κ1) is 13.9. The molecule has 0 aliphatic heterocycles. The van der Waals surface area contributed by atoms with Crippen molar-refractivity contribution >= 4 is 5.78 Å². The molecule has 0 unspecified atom stereocenters. The van der Waals surface area contributed by atoms with Crippen LogP contribution >= 0.6 is 0 Å². The van der Waals surface area contributed by atoms with E-state index in [1.165, 1.54) is 7.11 Å². The van der Waals surface area contributed by atoms with Gasteiger partial charge in [0, 0.05) is 0 Å². The molecule has 4 heteroatoms. The molecule has 0 radical (unpaired) electrons. The summed E-state index contributed by atoms with van der Waals surface area (Å²) in [5.74, 6) is 1.79. The van der Waals surface area contributed by atoms with Gasteiger partial charge in [0.15, 0.2) is 6.61 Å². The van der Waals surface area contributed by atoms with Crippen molar-refractivity contribution in [2.24, 2.45) is 0 Å². The molecule has 0 fully saturated rings. The van der Waals surface area contributed by atoms with E-state index in [0.717, 1.165) is 5.75 Å². The summed E-state index contributed by atoms with van der Waals surface area (Å²) in [7, 11) is 3.14. The van der Waals surface area contributed by atoms with E-state index in [1.807, 2.05) is 6.07 Å². The molecule has 0 saturated heterocycles. The number of carbonyl (C=O) groups excluding carboxylic acids is 1. The molecule has 4 nitrogen and oxygen atoms in total. The smallest absolute Gasteiger partial charge is 0.203 e. The maximum atomic E-state index is 12.1. The second kappa shape index (κ2) is 6.61. The van der Waals surface area contributed by atoms with Crippen LogP contribution in [-0.2, 0) is 0 Å². The third-order valence-electron chi connectivity index (χ3n) is 2.84. The fraction of sp³-hybridized carbons (Fsp3) is 0.188. The molecule has 0 heterocycles. The van der Waals surface area contributed by atoms with E-state index in [-0.39, 0.29) is 12.4 Å². The lowest BCUT2D eigenvalue weighted by atomic mass is 10.1. The fourth-order valence-electron chi connectivity index (χ4n) is 1.77. The van der Waals surface area contributed by atoms with E-state index in [0.29, 0.717) is 17.1 Å². The van der Waals surface area contributed by atoms with Gasteiger partial charge in [-0.2, -0.15) is 0 Å². The van der Waals surface area contributed by atoms with Gasteiger partial charge in [-0.1, -0.05) is 12.1 Å². The van der Waals surface area contributed by atoms with E-state index >= 15 is 0 Å². The quantitative estimate of drug-likeness (QED) is 0.758. The van der Waals surface area contributed by atoms with E-state index in [9.17, 15) is 4.79 Å². The summed E-state index contributed by atoms with van der Waals surface area (Å²) in [5, 5.41) is 0. The molecule has 0 saturated carbocycles. The Hall–Kier alpha value is -2.49. The van der Waals surface area contributed by atoms with Crippen molar-refractivity contribution in [2.75, 3.05) is 20.8 Å². The van der Waals surface area contributed by atoms with Crippen molar-refractivity contribution in [3.05, 3.63) is 54.1 Å². The van der Waals surface area contributed by atoms with Gasteiger partial charge in [-0.3, -0.25) is 4.79 Å². The number of para-hydroxylation sites is 1. The van der Waals surface area contributed by atoms with Gasteiger partial charge >= 0.3 is 0 Å². The summed E-state index contributed by atoms with van der Waals surface area (Å²) in [5.41, 5.74) is 0.517. The number of benzene rings is 2. The molecule has 0 aromatic heterocycles. The zero-order chi connectivity index (χ0) is 14.4. The highest BCUT2D eigenvalue weighted by atomic mass is 16.5. The van der Waals surface area contributed by atoms with E-state index in [1.54, 1.807) is 49.6 Å². The molecule has 0 N–H and O–H groups in total. The Morgan fingerprint density at radius 1 is 0.900 bits per heavy atom. The van der Waals surface area contributed by atoms with Crippen molar-refractivity contribution in [2.45, 2.75) is 0 Å². The summed E-state index contributed by atoms with van der Waals surface area (Å²) in [6, 6.07) is 14.2. The van der Waals surface area contributed by atoms with Gasteiger partial charge in [-0.25, -0.2) is 0 Å². The van der Waals surface area contributed by atoms with Gasteiger partial charge in [-0.15, -0.1) is 0 Å². The second-order valence-electron chi connectivity index (χ2n) is 4.09. The highest BCUT2D eigenvalue weighted by Crippen LogP contribution is 2.20. The van der Waals surface area contributed by atoms with Gasteiger partial charge < -0.3 is 14.2 Å². The number of Topliss-reactive ketones (excluding diaryl/α,β-unsaturated/α-hetero) is 1. The monoisotopic (exact) mass is 272 g/mol. The fourth-order valence-corrected chi connectivity index (χ4v) is 1.77. The first-order valence-electron chi connectivity index (χ1n) is 6.17.